The first-order valence-corrected chi connectivity index (χ1v) is 7.12. The molecule has 0 unspecified atom stereocenters. The fraction of sp³-hybridized carbons (Fsp3) is 0.200. The molecular formula is C15H14N2OS. The maximum absolute atomic E-state index is 5.58. The molecule has 0 spiro atoms. The lowest BCUT2D eigenvalue weighted by Gasteiger charge is -2.02. The molecule has 0 bridgehead atoms. The van der Waals surface area contributed by atoms with E-state index in [1.165, 1.54) is 5.56 Å². The van der Waals surface area contributed by atoms with Gasteiger partial charge in [0.15, 0.2) is 5.16 Å². The van der Waals surface area contributed by atoms with Crippen molar-refractivity contribution in [3.05, 3.63) is 53.4 Å². The molecule has 0 saturated carbocycles. The van der Waals surface area contributed by atoms with Crippen LogP contribution in [0, 0.1) is 13.8 Å². The molecule has 3 nitrogen and oxygen atoms in total. The Hall–Kier alpha value is -1.81. The van der Waals surface area contributed by atoms with Crippen molar-refractivity contribution < 1.29 is 4.42 Å². The SMILES string of the molecule is Cc1cc2c(C)nc(SCc3ccccc3)nc2o1. The van der Waals surface area contributed by atoms with E-state index in [9.17, 15) is 0 Å². The largest absolute Gasteiger partial charge is 0.443 e. The molecule has 3 rings (SSSR count). The van der Waals surface area contributed by atoms with Gasteiger partial charge in [-0.2, -0.15) is 4.98 Å². The van der Waals surface area contributed by atoms with Gasteiger partial charge in [-0.3, -0.25) is 0 Å². The molecule has 0 fully saturated rings. The second kappa shape index (κ2) is 5.05. The van der Waals surface area contributed by atoms with E-state index >= 15 is 0 Å². The van der Waals surface area contributed by atoms with E-state index in [2.05, 4.69) is 22.1 Å². The summed E-state index contributed by atoms with van der Waals surface area (Å²) < 4.78 is 5.58. The van der Waals surface area contributed by atoms with E-state index in [-0.39, 0.29) is 0 Å². The predicted octanol–water partition coefficient (Wildman–Crippen LogP) is 4.13. The zero-order valence-corrected chi connectivity index (χ0v) is 11.7. The first-order chi connectivity index (χ1) is 9.22. The average molecular weight is 270 g/mol. The smallest absolute Gasteiger partial charge is 0.230 e. The van der Waals surface area contributed by atoms with Crippen LogP contribution in [0.15, 0.2) is 46.0 Å². The van der Waals surface area contributed by atoms with Gasteiger partial charge in [0, 0.05) is 5.75 Å². The van der Waals surface area contributed by atoms with Crippen LogP contribution in [-0.2, 0) is 5.75 Å². The summed E-state index contributed by atoms with van der Waals surface area (Å²) in [6.45, 7) is 3.92. The van der Waals surface area contributed by atoms with Crippen molar-refractivity contribution in [2.45, 2.75) is 24.8 Å². The summed E-state index contributed by atoms with van der Waals surface area (Å²) >= 11 is 1.63. The standard InChI is InChI=1S/C15H14N2OS/c1-10-8-13-11(2)16-15(17-14(13)18-10)19-9-12-6-4-3-5-7-12/h3-8H,9H2,1-2H3. The van der Waals surface area contributed by atoms with Crippen LogP contribution in [0.25, 0.3) is 11.1 Å². The van der Waals surface area contributed by atoms with Crippen molar-refractivity contribution in [3.8, 4) is 0 Å². The maximum Gasteiger partial charge on any atom is 0.230 e. The van der Waals surface area contributed by atoms with E-state index in [4.69, 9.17) is 4.42 Å². The molecule has 2 aromatic heterocycles. The molecule has 0 amide bonds. The Balaban J connectivity index is 1.85. The van der Waals surface area contributed by atoms with Gasteiger partial charge in [-0.05, 0) is 25.5 Å². The molecule has 4 heteroatoms. The van der Waals surface area contributed by atoms with Crippen LogP contribution >= 0.6 is 11.8 Å². The Kier molecular flexibility index (Phi) is 3.25. The van der Waals surface area contributed by atoms with E-state index in [1.807, 2.05) is 38.1 Å². The molecule has 0 saturated heterocycles. The lowest BCUT2D eigenvalue weighted by atomic mass is 10.2. The summed E-state index contributed by atoms with van der Waals surface area (Å²) in [7, 11) is 0. The summed E-state index contributed by atoms with van der Waals surface area (Å²) in [6, 6.07) is 12.3. The summed E-state index contributed by atoms with van der Waals surface area (Å²) in [6.07, 6.45) is 0. The summed E-state index contributed by atoms with van der Waals surface area (Å²) in [5, 5.41) is 1.77. The van der Waals surface area contributed by atoms with Gasteiger partial charge in [0.25, 0.3) is 0 Å². The number of rotatable bonds is 3. The Bertz CT molecular complexity index is 707. The number of aryl methyl sites for hydroxylation is 2. The third-order valence-corrected chi connectivity index (χ3v) is 3.82. The van der Waals surface area contributed by atoms with Crippen molar-refractivity contribution in [3.63, 3.8) is 0 Å². The Morgan fingerprint density at radius 1 is 1.11 bits per heavy atom. The number of hydrogen-bond donors (Lipinski definition) is 0. The molecule has 96 valence electrons. The highest BCUT2D eigenvalue weighted by Crippen LogP contribution is 2.25. The fourth-order valence-corrected chi connectivity index (χ4v) is 2.78. The van der Waals surface area contributed by atoms with Gasteiger partial charge < -0.3 is 4.42 Å². The fourth-order valence-electron chi connectivity index (χ4n) is 1.95. The number of aromatic nitrogens is 2. The van der Waals surface area contributed by atoms with Crippen LogP contribution in [-0.4, -0.2) is 9.97 Å². The molecule has 0 aliphatic rings. The highest BCUT2D eigenvalue weighted by Gasteiger charge is 2.09. The lowest BCUT2D eigenvalue weighted by Crippen LogP contribution is -1.91. The number of nitrogens with zero attached hydrogens (tertiary/aromatic N) is 2. The third kappa shape index (κ3) is 2.63. The highest BCUT2D eigenvalue weighted by molar-refractivity contribution is 7.98. The zero-order valence-electron chi connectivity index (χ0n) is 10.9. The van der Waals surface area contributed by atoms with E-state index in [0.717, 1.165) is 27.7 Å². The third-order valence-electron chi connectivity index (χ3n) is 2.90. The molecule has 19 heavy (non-hydrogen) atoms. The first kappa shape index (κ1) is 12.2. The van der Waals surface area contributed by atoms with Gasteiger partial charge in [0.1, 0.15) is 5.76 Å². The Morgan fingerprint density at radius 3 is 2.68 bits per heavy atom. The van der Waals surface area contributed by atoms with E-state index in [1.54, 1.807) is 11.8 Å². The highest BCUT2D eigenvalue weighted by atomic mass is 32.2. The minimum absolute atomic E-state index is 0.681. The molecule has 0 atom stereocenters. The number of furan rings is 1. The number of benzene rings is 1. The second-order valence-corrected chi connectivity index (χ2v) is 5.38. The van der Waals surface area contributed by atoms with Crippen LogP contribution in [0.4, 0.5) is 0 Å². The molecule has 0 radical (unpaired) electrons. The predicted molar refractivity (Wildman–Crippen MR) is 77.3 cm³/mol. The van der Waals surface area contributed by atoms with Gasteiger partial charge >= 0.3 is 0 Å². The van der Waals surface area contributed by atoms with Crippen molar-refractivity contribution in [1.29, 1.82) is 0 Å². The monoisotopic (exact) mass is 270 g/mol. The van der Waals surface area contributed by atoms with Gasteiger partial charge in [0.05, 0.1) is 11.1 Å². The van der Waals surface area contributed by atoms with E-state index in [0.29, 0.717) is 5.71 Å². The van der Waals surface area contributed by atoms with Crippen LogP contribution in [0.5, 0.6) is 0 Å². The van der Waals surface area contributed by atoms with Gasteiger partial charge in [-0.1, -0.05) is 42.1 Å². The Morgan fingerprint density at radius 2 is 1.89 bits per heavy atom. The molecular weight excluding hydrogens is 256 g/mol. The van der Waals surface area contributed by atoms with Gasteiger partial charge in [-0.15, -0.1) is 0 Å². The number of hydrogen-bond acceptors (Lipinski definition) is 4. The Labute approximate surface area is 116 Å². The van der Waals surface area contributed by atoms with Crippen molar-refractivity contribution >= 4 is 22.9 Å². The quantitative estimate of drug-likeness (QED) is 0.530. The summed E-state index contributed by atoms with van der Waals surface area (Å²) in [5.41, 5.74) is 2.92. The second-order valence-electron chi connectivity index (χ2n) is 4.44. The summed E-state index contributed by atoms with van der Waals surface area (Å²) in [5.74, 6) is 1.74. The molecule has 0 aliphatic heterocycles. The van der Waals surface area contributed by atoms with E-state index < -0.39 is 0 Å². The topological polar surface area (TPSA) is 38.9 Å². The van der Waals surface area contributed by atoms with Crippen LogP contribution in [0.2, 0.25) is 0 Å². The van der Waals surface area contributed by atoms with Crippen molar-refractivity contribution in [2.24, 2.45) is 0 Å². The lowest BCUT2D eigenvalue weighted by molar-refractivity contribution is 0.562. The minimum atomic E-state index is 0.681. The first-order valence-electron chi connectivity index (χ1n) is 6.14. The normalized spacial score (nSPS) is 11.1. The maximum atomic E-state index is 5.58. The molecule has 0 aliphatic carbocycles. The van der Waals surface area contributed by atoms with Gasteiger partial charge in [-0.25, -0.2) is 4.98 Å². The van der Waals surface area contributed by atoms with Crippen LogP contribution in [0.3, 0.4) is 0 Å². The number of thioether (sulfide) groups is 1. The van der Waals surface area contributed by atoms with Crippen molar-refractivity contribution in [2.75, 3.05) is 0 Å². The number of fused-ring (bicyclic) bond motifs is 1. The van der Waals surface area contributed by atoms with Crippen LogP contribution in [0.1, 0.15) is 17.0 Å². The molecule has 0 N–H and O–H groups in total. The minimum Gasteiger partial charge on any atom is -0.443 e. The molecule has 3 aromatic rings. The van der Waals surface area contributed by atoms with Crippen LogP contribution < -0.4 is 0 Å². The molecule has 2 heterocycles. The van der Waals surface area contributed by atoms with Crippen molar-refractivity contribution in [1.82, 2.24) is 9.97 Å². The average Bonchev–Trinajstić information content (AvgIpc) is 2.79. The van der Waals surface area contributed by atoms with Gasteiger partial charge in [0.2, 0.25) is 5.71 Å². The zero-order chi connectivity index (χ0) is 13.2. The summed E-state index contributed by atoms with van der Waals surface area (Å²) in [4.78, 5) is 8.98. The molecule has 1 aromatic carbocycles.